The Kier molecular flexibility index (Phi) is 14.0. The lowest BCUT2D eigenvalue weighted by molar-refractivity contribution is -0.132. The number of alkyl halides is 6. The first kappa shape index (κ1) is 48.2. The summed E-state index contributed by atoms with van der Waals surface area (Å²) in [5, 5.41) is 20.7. The van der Waals surface area contributed by atoms with Gasteiger partial charge in [-0.3, -0.25) is 9.59 Å². The van der Waals surface area contributed by atoms with E-state index in [1.165, 1.54) is 16.8 Å². The summed E-state index contributed by atoms with van der Waals surface area (Å²) in [7, 11) is 0. The number of benzene rings is 3. The standard InChI is InChI=1S/C26H22F5N5OS.C20H19BrF3N5O/c1-14-8-15(2-5-20(14)25(37)34-18-3-4-18)22-13-33-24-21(32-7-6-26(29,30)31)12-23(35-36(22)24)38-19-10-16(27)9-17(28)11-19;1-11-8-12(2-5-14(11)19(30)27-13-3-4-13)16-10-26-18-15(9-17(21)28-29(16)18)25-7-6-20(22,23)24/h2,5,8-13,18,32H,3-4,6-7H2,1H3,(H,34,37);2,5,8-10,13,25H,3-4,6-7H2,1H3,(H,27,30). The zero-order valence-electron chi connectivity index (χ0n) is 36.1. The smallest absolute Gasteiger partial charge is 0.382 e. The summed E-state index contributed by atoms with van der Waals surface area (Å²) in [6.45, 7) is 3.02. The molecule has 2 aliphatic carbocycles. The molecule has 2 fully saturated rings. The van der Waals surface area contributed by atoms with Crippen LogP contribution in [0.15, 0.2) is 93.6 Å². The van der Waals surface area contributed by atoms with Crippen molar-refractivity contribution in [3.05, 3.63) is 118 Å². The minimum atomic E-state index is -4.35. The first-order valence-electron chi connectivity index (χ1n) is 21.3. The predicted octanol–water partition coefficient (Wildman–Crippen LogP) is 11.1. The van der Waals surface area contributed by atoms with E-state index in [1.54, 1.807) is 35.0 Å². The Balaban J connectivity index is 0.000000189. The maximum atomic E-state index is 13.7. The highest BCUT2D eigenvalue weighted by Gasteiger charge is 2.29. The number of rotatable bonds is 14. The number of amides is 2. The Morgan fingerprint density at radius 3 is 1.56 bits per heavy atom. The van der Waals surface area contributed by atoms with Gasteiger partial charge >= 0.3 is 12.4 Å². The third-order valence-corrected chi connectivity index (χ3v) is 12.0. The van der Waals surface area contributed by atoms with Crippen molar-refractivity contribution < 1.29 is 44.7 Å². The van der Waals surface area contributed by atoms with Crippen molar-refractivity contribution >= 4 is 62.2 Å². The van der Waals surface area contributed by atoms with E-state index in [0.717, 1.165) is 72.3 Å². The summed E-state index contributed by atoms with van der Waals surface area (Å²) in [5.41, 5.74) is 6.83. The van der Waals surface area contributed by atoms with E-state index in [-0.39, 0.29) is 51.7 Å². The molecule has 22 heteroatoms. The van der Waals surface area contributed by atoms with Gasteiger partial charge in [0.05, 0.1) is 48.0 Å². The molecule has 9 rings (SSSR count). The van der Waals surface area contributed by atoms with Gasteiger partial charge in [0.25, 0.3) is 11.8 Å². The number of aryl methyl sites for hydroxylation is 2. The van der Waals surface area contributed by atoms with Gasteiger partial charge in [-0.1, -0.05) is 23.9 Å². The van der Waals surface area contributed by atoms with Crippen molar-refractivity contribution in [3.63, 3.8) is 0 Å². The number of nitrogens with one attached hydrogen (secondary N) is 4. The normalized spacial score (nSPS) is 13.9. The maximum absolute atomic E-state index is 13.7. The first-order valence-corrected chi connectivity index (χ1v) is 22.9. The van der Waals surface area contributed by atoms with E-state index < -0.39 is 43.4 Å². The van der Waals surface area contributed by atoms with Crippen molar-refractivity contribution in [1.82, 2.24) is 39.8 Å². The van der Waals surface area contributed by atoms with Gasteiger partial charge in [0.1, 0.15) is 21.3 Å². The average Bonchev–Trinajstić information content (AvgIpc) is 4.16. The van der Waals surface area contributed by atoms with Gasteiger partial charge in [0, 0.05) is 58.4 Å². The molecule has 12 nitrogen and oxygen atoms in total. The van der Waals surface area contributed by atoms with E-state index in [1.807, 2.05) is 32.0 Å². The Morgan fingerprint density at radius 1 is 0.662 bits per heavy atom. The van der Waals surface area contributed by atoms with Crippen molar-refractivity contribution in [3.8, 4) is 22.5 Å². The molecule has 2 amide bonds. The number of nitrogens with zero attached hydrogens (tertiary/aromatic N) is 6. The molecule has 0 unspecified atom stereocenters. The van der Waals surface area contributed by atoms with E-state index in [4.69, 9.17) is 0 Å². The molecule has 68 heavy (non-hydrogen) atoms. The minimum Gasteiger partial charge on any atom is -0.382 e. The summed E-state index contributed by atoms with van der Waals surface area (Å²) >= 11 is 4.26. The zero-order chi connectivity index (χ0) is 48.5. The van der Waals surface area contributed by atoms with Crippen LogP contribution in [0.4, 0.5) is 46.5 Å². The van der Waals surface area contributed by atoms with Crippen molar-refractivity contribution in [2.75, 3.05) is 23.7 Å². The number of fused-ring (bicyclic) bond motifs is 2. The molecule has 3 aromatic carbocycles. The van der Waals surface area contributed by atoms with E-state index >= 15 is 0 Å². The molecule has 356 valence electrons. The fraction of sp³-hybridized carbons (Fsp3) is 0.304. The molecule has 0 bridgehead atoms. The fourth-order valence-corrected chi connectivity index (χ4v) is 8.38. The summed E-state index contributed by atoms with van der Waals surface area (Å²) in [5.74, 6) is -1.76. The number of hydrogen-bond acceptors (Lipinski definition) is 9. The second kappa shape index (κ2) is 19.7. The van der Waals surface area contributed by atoms with Crippen LogP contribution in [0.2, 0.25) is 0 Å². The molecule has 4 N–H and O–H groups in total. The molecular weight excluding hydrogens is 989 g/mol. The van der Waals surface area contributed by atoms with Crippen LogP contribution in [0.25, 0.3) is 33.8 Å². The maximum Gasteiger partial charge on any atom is 0.390 e. The van der Waals surface area contributed by atoms with Crippen LogP contribution in [-0.2, 0) is 0 Å². The van der Waals surface area contributed by atoms with Gasteiger partial charge in [-0.05, 0) is 115 Å². The van der Waals surface area contributed by atoms with Crippen LogP contribution in [0.5, 0.6) is 0 Å². The fourth-order valence-electron chi connectivity index (χ4n) is 7.11. The second-order valence-corrected chi connectivity index (χ2v) is 18.3. The summed E-state index contributed by atoms with van der Waals surface area (Å²) in [4.78, 5) is 33.8. The lowest BCUT2D eigenvalue weighted by atomic mass is 10.0. The SMILES string of the molecule is Cc1cc(-c2cnc3c(NCCC(F)(F)F)cc(Br)nn23)ccc1C(=O)NC1CC1.Cc1cc(-c2cnc3c(NCCC(F)(F)F)cc(Sc4cc(F)cc(F)c4)nn23)ccc1C(=O)NC1CC1. The molecule has 0 atom stereocenters. The lowest BCUT2D eigenvalue weighted by Crippen LogP contribution is -2.26. The third kappa shape index (κ3) is 12.2. The van der Waals surface area contributed by atoms with Gasteiger partial charge in [-0.2, -0.15) is 36.5 Å². The van der Waals surface area contributed by atoms with Crippen LogP contribution in [0.3, 0.4) is 0 Å². The van der Waals surface area contributed by atoms with Crippen molar-refractivity contribution in [1.29, 1.82) is 0 Å². The quantitative estimate of drug-likeness (QED) is 0.0783. The number of imidazole rings is 2. The Morgan fingerprint density at radius 2 is 1.12 bits per heavy atom. The predicted molar refractivity (Wildman–Crippen MR) is 244 cm³/mol. The van der Waals surface area contributed by atoms with Crippen LogP contribution < -0.4 is 21.3 Å². The second-order valence-electron chi connectivity index (χ2n) is 16.4. The van der Waals surface area contributed by atoms with Crippen molar-refractivity contribution in [2.24, 2.45) is 0 Å². The highest BCUT2D eigenvalue weighted by molar-refractivity contribution is 9.10. The molecule has 0 radical (unpaired) electrons. The number of aromatic nitrogens is 6. The van der Waals surface area contributed by atoms with Gasteiger partial charge in [-0.25, -0.2) is 27.8 Å². The van der Waals surface area contributed by atoms with E-state index in [2.05, 4.69) is 57.4 Å². The monoisotopic (exact) mass is 1030 g/mol. The van der Waals surface area contributed by atoms with Gasteiger partial charge in [0.15, 0.2) is 11.3 Å². The molecule has 0 saturated heterocycles. The number of anilines is 2. The Hall–Kier alpha value is -6.29. The van der Waals surface area contributed by atoms with Gasteiger partial charge in [-0.15, -0.1) is 0 Å². The van der Waals surface area contributed by atoms with Crippen LogP contribution >= 0.6 is 27.7 Å². The summed E-state index contributed by atoms with van der Waals surface area (Å²) < 4.78 is 107. The molecule has 4 heterocycles. The van der Waals surface area contributed by atoms with E-state index in [0.29, 0.717) is 44.0 Å². The number of hydrogen-bond donors (Lipinski definition) is 4. The van der Waals surface area contributed by atoms with Gasteiger partial charge < -0.3 is 21.3 Å². The molecular formula is C46H41BrF8N10O2S. The lowest BCUT2D eigenvalue weighted by Gasteiger charge is -2.13. The molecule has 7 aromatic rings. The number of carbonyl (C=O) groups is 2. The van der Waals surface area contributed by atoms with Crippen molar-refractivity contribution in [2.45, 2.75) is 86.7 Å². The van der Waals surface area contributed by atoms with Gasteiger partial charge in [0.2, 0.25) is 0 Å². The summed E-state index contributed by atoms with van der Waals surface area (Å²) in [6.07, 6.45) is -3.47. The minimum absolute atomic E-state index is 0.0864. The Labute approximate surface area is 395 Å². The largest absolute Gasteiger partial charge is 0.390 e. The zero-order valence-corrected chi connectivity index (χ0v) is 38.5. The third-order valence-electron chi connectivity index (χ3n) is 10.7. The van der Waals surface area contributed by atoms with Crippen LogP contribution in [0, 0.1) is 25.5 Å². The van der Waals surface area contributed by atoms with E-state index in [9.17, 15) is 44.7 Å². The molecule has 0 aliphatic heterocycles. The summed E-state index contributed by atoms with van der Waals surface area (Å²) in [6, 6.07) is 17.3. The first-order chi connectivity index (χ1) is 32.3. The average molecular weight is 1030 g/mol. The number of carbonyl (C=O) groups excluding carboxylic acids is 2. The molecule has 2 saturated carbocycles. The van der Waals surface area contributed by atoms with Crippen LogP contribution in [-0.4, -0.2) is 78.5 Å². The Bertz CT molecular complexity index is 3000. The highest BCUT2D eigenvalue weighted by Crippen LogP contribution is 2.34. The highest BCUT2D eigenvalue weighted by atomic mass is 79.9. The molecule has 0 spiro atoms. The number of halogens is 9. The van der Waals surface area contributed by atoms with Crippen LogP contribution in [0.1, 0.15) is 70.4 Å². The topological polar surface area (TPSA) is 143 Å². The molecule has 4 aromatic heterocycles. The molecule has 2 aliphatic rings.